The van der Waals surface area contributed by atoms with Crippen LogP contribution in [0.15, 0.2) is 29.2 Å². The largest absolute Gasteiger partial charge is 0.312 e. The van der Waals surface area contributed by atoms with E-state index in [1.807, 2.05) is 6.92 Å². The molecule has 2 heterocycles. The van der Waals surface area contributed by atoms with Crippen molar-refractivity contribution in [1.82, 2.24) is 4.31 Å². The van der Waals surface area contributed by atoms with Gasteiger partial charge in [-0.3, -0.25) is 4.79 Å². The average Bonchev–Trinajstić information content (AvgIpc) is 2.96. The summed E-state index contributed by atoms with van der Waals surface area (Å²) in [5.74, 6) is 0.485. The highest BCUT2D eigenvalue weighted by Crippen LogP contribution is 2.30. The molecule has 0 bridgehead atoms. The third kappa shape index (κ3) is 3.02. The van der Waals surface area contributed by atoms with Crippen LogP contribution in [0.4, 0.5) is 5.69 Å². The molecule has 0 unspecified atom stereocenters. The Morgan fingerprint density at radius 1 is 1.04 bits per heavy atom. The van der Waals surface area contributed by atoms with E-state index in [0.29, 0.717) is 30.3 Å². The number of piperidine rings is 1. The van der Waals surface area contributed by atoms with Crippen molar-refractivity contribution < 1.29 is 13.2 Å². The molecule has 0 radical (unpaired) electrons. The lowest BCUT2D eigenvalue weighted by molar-refractivity contribution is -0.117. The van der Waals surface area contributed by atoms with Crippen molar-refractivity contribution in [3.8, 4) is 0 Å². The molecule has 1 aromatic carbocycles. The number of carbonyl (C=O) groups is 1. The van der Waals surface area contributed by atoms with Gasteiger partial charge in [0.15, 0.2) is 0 Å². The molecule has 0 aliphatic carbocycles. The summed E-state index contributed by atoms with van der Waals surface area (Å²) < 4.78 is 27.4. The molecule has 2 saturated heterocycles. The van der Waals surface area contributed by atoms with Crippen LogP contribution in [0, 0.1) is 5.92 Å². The van der Waals surface area contributed by atoms with Crippen LogP contribution in [0.2, 0.25) is 0 Å². The number of hydrogen-bond donors (Lipinski definition) is 0. The first-order valence-corrected chi connectivity index (χ1v) is 9.77. The summed E-state index contributed by atoms with van der Waals surface area (Å²) in [6, 6.07) is 6.76. The molecule has 2 aliphatic heterocycles. The molecule has 3 rings (SSSR count). The van der Waals surface area contributed by atoms with Gasteiger partial charge < -0.3 is 4.90 Å². The molecule has 0 N–H and O–H groups in total. The van der Waals surface area contributed by atoms with Gasteiger partial charge in [0.2, 0.25) is 15.9 Å². The van der Waals surface area contributed by atoms with Crippen molar-refractivity contribution >= 4 is 21.6 Å². The molecule has 2 fully saturated rings. The van der Waals surface area contributed by atoms with Crippen molar-refractivity contribution in [2.24, 2.45) is 5.92 Å². The Bertz CT molecular complexity index is 684. The molecule has 1 amide bonds. The highest BCUT2D eigenvalue weighted by molar-refractivity contribution is 7.89. The van der Waals surface area contributed by atoms with Crippen LogP contribution in [-0.2, 0) is 14.8 Å². The van der Waals surface area contributed by atoms with Gasteiger partial charge in [0.05, 0.1) is 4.90 Å². The summed E-state index contributed by atoms with van der Waals surface area (Å²) in [6.07, 6.45) is 3.42. The monoisotopic (exact) mass is 336 g/mol. The predicted octanol–water partition coefficient (Wildman–Crippen LogP) is 2.62. The molecular formula is C17H24N2O3S. The standard InChI is InChI=1S/C17H24N2O3S/c1-13-5-3-12-19(14(13)2)23(21,22)16-9-7-15(8-10-16)18-11-4-6-17(18)20/h7-10,13-14H,3-6,11-12H2,1-2H3/t13-,14-/m0/s1. The quantitative estimate of drug-likeness (QED) is 0.852. The lowest BCUT2D eigenvalue weighted by Gasteiger charge is -2.36. The first-order valence-electron chi connectivity index (χ1n) is 8.33. The second kappa shape index (κ2) is 6.24. The van der Waals surface area contributed by atoms with Crippen molar-refractivity contribution in [2.45, 2.75) is 50.5 Å². The number of amides is 1. The molecule has 0 saturated carbocycles. The number of carbonyl (C=O) groups excluding carboxylic acids is 1. The van der Waals surface area contributed by atoms with E-state index in [1.54, 1.807) is 33.5 Å². The lowest BCUT2D eigenvalue weighted by Crippen LogP contribution is -2.45. The van der Waals surface area contributed by atoms with Crippen LogP contribution in [0.5, 0.6) is 0 Å². The van der Waals surface area contributed by atoms with Crippen LogP contribution >= 0.6 is 0 Å². The Hall–Kier alpha value is -1.40. The minimum absolute atomic E-state index is 0.0218. The highest BCUT2D eigenvalue weighted by atomic mass is 32.2. The number of hydrogen-bond acceptors (Lipinski definition) is 3. The molecule has 6 heteroatoms. The molecular weight excluding hydrogens is 312 g/mol. The van der Waals surface area contributed by atoms with E-state index in [-0.39, 0.29) is 11.9 Å². The Kier molecular flexibility index (Phi) is 4.47. The minimum Gasteiger partial charge on any atom is -0.312 e. The molecule has 0 aromatic heterocycles. The van der Waals surface area contributed by atoms with E-state index in [4.69, 9.17) is 0 Å². The topological polar surface area (TPSA) is 57.7 Å². The van der Waals surface area contributed by atoms with E-state index in [9.17, 15) is 13.2 Å². The van der Waals surface area contributed by atoms with Crippen molar-refractivity contribution in [1.29, 1.82) is 0 Å². The van der Waals surface area contributed by atoms with Crippen LogP contribution in [-0.4, -0.2) is 37.8 Å². The van der Waals surface area contributed by atoms with Crippen LogP contribution in [0.25, 0.3) is 0 Å². The number of benzene rings is 1. The van der Waals surface area contributed by atoms with Gasteiger partial charge >= 0.3 is 0 Å². The van der Waals surface area contributed by atoms with E-state index < -0.39 is 10.0 Å². The summed E-state index contributed by atoms with van der Waals surface area (Å²) in [4.78, 5) is 13.8. The van der Waals surface area contributed by atoms with E-state index in [0.717, 1.165) is 24.9 Å². The summed E-state index contributed by atoms with van der Waals surface area (Å²) in [5.41, 5.74) is 0.784. The zero-order chi connectivity index (χ0) is 16.6. The Labute approximate surface area is 138 Å². The number of anilines is 1. The normalized spacial score (nSPS) is 26.7. The fraction of sp³-hybridized carbons (Fsp3) is 0.588. The van der Waals surface area contributed by atoms with E-state index >= 15 is 0 Å². The maximum atomic E-state index is 12.9. The number of nitrogens with zero attached hydrogens (tertiary/aromatic N) is 2. The lowest BCUT2D eigenvalue weighted by atomic mass is 9.94. The van der Waals surface area contributed by atoms with Gasteiger partial charge in [-0.1, -0.05) is 6.92 Å². The maximum absolute atomic E-state index is 12.9. The number of rotatable bonds is 3. The van der Waals surface area contributed by atoms with Gasteiger partial charge in [-0.2, -0.15) is 4.31 Å². The van der Waals surface area contributed by atoms with Crippen LogP contribution < -0.4 is 4.90 Å². The fourth-order valence-corrected chi connectivity index (χ4v) is 5.26. The number of sulfonamides is 1. The zero-order valence-electron chi connectivity index (χ0n) is 13.7. The minimum atomic E-state index is -3.47. The molecule has 2 atom stereocenters. The third-order valence-corrected chi connectivity index (χ3v) is 7.14. The smallest absolute Gasteiger partial charge is 0.243 e. The molecule has 1 aromatic rings. The van der Waals surface area contributed by atoms with Crippen molar-refractivity contribution in [3.05, 3.63) is 24.3 Å². The van der Waals surface area contributed by atoms with Gasteiger partial charge in [-0.15, -0.1) is 0 Å². The predicted molar refractivity (Wildman–Crippen MR) is 89.8 cm³/mol. The second-order valence-corrected chi connectivity index (χ2v) is 8.51. The molecule has 0 spiro atoms. The zero-order valence-corrected chi connectivity index (χ0v) is 14.6. The van der Waals surface area contributed by atoms with Crippen LogP contribution in [0.3, 0.4) is 0 Å². The molecule has 126 valence electrons. The maximum Gasteiger partial charge on any atom is 0.243 e. The van der Waals surface area contributed by atoms with Crippen molar-refractivity contribution in [3.63, 3.8) is 0 Å². The Morgan fingerprint density at radius 3 is 2.35 bits per heavy atom. The second-order valence-electron chi connectivity index (χ2n) is 6.62. The summed E-state index contributed by atoms with van der Waals surface area (Å²) in [5, 5.41) is 0. The summed E-state index contributed by atoms with van der Waals surface area (Å²) >= 11 is 0. The summed E-state index contributed by atoms with van der Waals surface area (Å²) in [7, 11) is -3.47. The van der Waals surface area contributed by atoms with Gasteiger partial charge in [0.25, 0.3) is 0 Å². The highest BCUT2D eigenvalue weighted by Gasteiger charge is 2.34. The Balaban J connectivity index is 1.84. The summed E-state index contributed by atoms with van der Waals surface area (Å²) in [6.45, 7) is 5.39. The van der Waals surface area contributed by atoms with Gasteiger partial charge in [0, 0.05) is 31.2 Å². The molecule has 5 nitrogen and oxygen atoms in total. The van der Waals surface area contributed by atoms with Gasteiger partial charge in [-0.25, -0.2) is 8.42 Å². The van der Waals surface area contributed by atoms with E-state index in [1.165, 1.54) is 0 Å². The van der Waals surface area contributed by atoms with Crippen LogP contribution in [0.1, 0.15) is 39.5 Å². The SMILES string of the molecule is C[C@H]1CCCN(S(=O)(=O)c2ccc(N3CCCC3=O)cc2)[C@H]1C. The van der Waals surface area contributed by atoms with Crippen molar-refractivity contribution in [2.75, 3.05) is 18.0 Å². The Morgan fingerprint density at radius 2 is 1.74 bits per heavy atom. The molecule has 2 aliphatic rings. The molecule has 23 heavy (non-hydrogen) atoms. The first kappa shape index (κ1) is 16.5. The average molecular weight is 336 g/mol. The van der Waals surface area contributed by atoms with E-state index in [2.05, 4.69) is 6.92 Å². The first-order chi connectivity index (χ1) is 10.9. The van der Waals surface area contributed by atoms with Gasteiger partial charge in [0.1, 0.15) is 0 Å². The third-order valence-electron chi connectivity index (χ3n) is 5.14. The fourth-order valence-electron chi connectivity index (χ4n) is 3.49. The van der Waals surface area contributed by atoms with Gasteiger partial charge in [-0.05, 0) is 56.4 Å².